The first-order valence-corrected chi connectivity index (χ1v) is 4.63. The highest BCUT2D eigenvalue weighted by Gasteiger charge is 2.58. The molecule has 0 unspecified atom stereocenters. The van der Waals surface area contributed by atoms with Gasteiger partial charge in [-0.25, -0.2) is 0 Å². The molecule has 1 aliphatic heterocycles. The molecule has 0 radical (unpaired) electrons. The molecule has 0 atom stereocenters. The molecule has 2 rings (SSSR count). The largest absolute Gasteiger partial charge is 0.396 e. The van der Waals surface area contributed by atoms with Gasteiger partial charge in [-0.3, -0.25) is 0 Å². The van der Waals surface area contributed by atoms with Crippen LogP contribution in [0.25, 0.3) is 0 Å². The van der Waals surface area contributed by atoms with E-state index in [9.17, 15) is 10.2 Å². The molecule has 0 aromatic heterocycles. The Kier molecular flexibility index (Phi) is 1.90. The minimum absolute atomic E-state index is 0.128. The summed E-state index contributed by atoms with van der Waals surface area (Å²) in [6.45, 7) is 1.40. The summed E-state index contributed by atoms with van der Waals surface area (Å²) < 4.78 is 5.19. The number of aliphatic hydroxyl groups excluding tert-OH is 1. The third kappa shape index (κ3) is 1.08. The van der Waals surface area contributed by atoms with Gasteiger partial charge in [0, 0.05) is 31.5 Å². The molecule has 1 saturated carbocycles. The van der Waals surface area contributed by atoms with Gasteiger partial charge in [-0.2, -0.15) is 0 Å². The average molecular weight is 172 g/mol. The second kappa shape index (κ2) is 2.69. The van der Waals surface area contributed by atoms with Gasteiger partial charge in [0.1, 0.15) is 0 Å². The van der Waals surface area contributed by atoms with Crippen LogP contribution in [0.15, 0.2) is 0 Å². The Hall–Kier alpha value is -0.120. The van der Waals surface area contributed by atoms with Gasteiger partial charge >= 0.3 is 0 Å². The van der Waals surface area contributed by atoms with E-state index in [-0.39, 0.29) is 12.0 Å². The van der Waals surface area contributed by atoms with Gasteiger partial charge < -0.3 is 14.9 Å². The van der Waals surface area contributed by atoms with Crippen LogP contribution in [0.3, 0.4) is 0 Å². The van der Waals surface area contributed by atoms with E-state index in [1.165, 1.54) is 0 Å². The maximum Gasteiger partial charge on any atom is 0.0769 e. The van der Waals surface area contributed by atoms with Crippen molar-refractivity contribution in [3.8, 4) is 0 Å². The van der Waals surface area contributed by atoms with Crippen LogP contribution in [-0.2, 0) is 4.74 Å². The lowest BCUT2D eigenvalue weighted by atomic mass is 9.79. The predicted octanol–water partition coefficient (Wildman–Crippen LogP) is 0.300. The van der Waals surface area contributed by atoms with Crippen molar-refractivity contribution in [3.05, 3.63) is 0 Å². The van der Waals surface area contributed by atoms with Gasteiger partial charge in [0.25, 0.3) is 0 Å². The molecular formula is C9H16O3. The normalized spacial score (nSPS) is 31.5. The van der Waals surface area contributed by atoms with Crippen molar-refractivity contribution >= 4 is 0 Å². The summed E-state index contributed by atoms with van der Waals surface area (Å²) in [5.74, 6) is 0. The maximum atomic E-state index is 10.2. The fraction of sp³-hybridized carbons (Fsp3) is 1.00. The summed E-state index contributed by atoms with van der Waals surface area (Å²) in [7, 11) is 0. The average Bonchev–Trinajstić information content (AvgIpc) is 2.86. The predicted molar refractivity (Wildman–Crippen MR) is 43.8 cm³/mol. The van der Waals surface area contributed by atoms with Crippen LogP contribution in [0.1, 0.15) is 25.7 Å². The summed E-state index contributed by atoms with van der Waals surface area (Å²) in [6, 6.07) is 0. The van der Waals surface area contributed by atoms with Crippen LogP contribution in [0.2, 0.25) is 0 Å². The molecule has 0 aromatic carbocycles. The molecule has 0 amide bonds. The molecular weight excluding hydrogens is 156 g/mol. The highest BCUT2D eigenvalue weighted by Crippen LogP contribution is 2.56. The fourth-order valence-electron chi connectivity index (χ4n) is 2.16. The minimum atomic E-state index is -0.639. The smallest absolute Gasteiger partial charge is 0.0769 e. The molecule has 1 heterocycles. The summed E-state index contributed by atoms with van der Waals surface area (Å²) in [5, 5.41) is 19.4. The second-order valence-corrected chi connectivity index (χ2v) is 4.08. The van der Waals surface area contributed by atoms with Crippen molar-refractivity contribution in [3.63, 3.8) is 0 Å². The van der Waals surface area contributed by atoms with Gasteiger partial charge in [0.15, 0.2) is 0 Å². The Bertz CT molecular complexity index is 169. The minimum Gasteiger partial charge on any atom is -0.396 e. The van der Waals surface area contributed by atoms with E-state index in [0.717, 1.165) is 12.8 Å². The number of hydrogen-bond donors (Lipinski definition) is 2. The quantitative estimate of drug-likeness (QED) is 0.630. The molecule has 1 aliphatic carbocycles. The summed E-state index contributed by atoms with van der Waals surface area (Å²) in [5.41, 5.74) is -0.809. The molecule has 2 fully saturated rings. The van der Waals surface area contributed by atoms with Crippen LogP contribution in [0.5, 0.6) is 0 Å². The molecule has 3 nitrogen and oxygen atoms in total. The fourth-order valence-corrected chi connectivity index (χ4v) is 2.16. The van der Waals surface area contributed by atoms with Crippen LogP contribution >= 0.6 is 0 Å². The first kappa shape index (κ1) is 8.48. The van der Waals surface area contributed by atoms with E-state index < -0.39 is 5.60 Å². The van der Waals surface area contributed by atoms with E-state index in [1.54, 1.807) is 0 Å². The van der Waals surface area contributed by atoms with E-state index in [4.69, 9.17) is 4.74 Å². The molecule has 0 bridgehead atoms. The third-order valence-electron chi connectivity index (χ3n) is 3.46. The first-order valence-electron chi connectivity index (χ1n) is 4.63. The summed E-state index contributed by atoms with van der Waals surface area (Å²) >= 11 is 0. The third-order valence-corrected chi connectivity index (χ3v) is 3.46. The maximum absolute atomic E-state index is 10.2. The number of ether oxygens (including phenoxy) is 1. The van der Waals surface area contributed by atoms with Gasteiger partial charge in [0.05, 0.1) is 12.2 Å². The van der Waals surface area contributed by atoms with Crippen molar-refractivity contribution < 1.29 is 14.9 Å². The van der Waals surface area contributed by atoms with E-state index in [1.807, 2.05) is 0 Å². The monoisotopic (exact) mass is 172 g/mol. The summed E-state index contributed by atoms with van der Waals surface area (Å²) in [6.07, 6.45) is 3.32. The van der Waals surface area contributed by atoms with Crippen LogP contribution in [-0.4, -0.2) is 35.6 Å². The van der Waals surface area contributed by atoms with Crippen molar-refractivity contribution in [2.75, 3.05) is 19.8 Å². The number of aliphatic hydroxyl groups is 2. The number of rotatable bonds is 2. The Morgan fingerprint density at radius 2 is 1.67 bits per heavy atom. The molecule has 2 N–H and O–H groups in total. The van der Waals surface area contributed by atoms with Crippen molar-refractivity contribution in [1.82, 2.24) is 0 Å². The van der Waals surface area contributed by atoms with Gasteiger partial charge in [-0.1, -0.05) is 0 Å². The lowest BCUT2D eigenvalue weighted by Crippen LogP contribution is -2.46. The first-order chi connectivity index (χ1) is 5.72. The lowest BCUT2D eigenvalue weighted by Gasteiger charge is -2.38. The molecule has 0 spiro atoms. The van der Waals surface area contributed by atoms with Crippen molar-refractivity contribution in [2.45, 2.75) is 31.3 Å². The lowest BCUT2D eigenvalue weighted by molar-refractivity contribution is -0.121. The van der Waals surface area contributed by atoms with E-state index >= 15 is 0 Å². The zero-order valence-electron chi connectivity index (χ0n) is 7.25. The van der Waals surface area contributed by atoms with Crippen LogP contribution in [0.4, 0.5) is 0 Å². The van der Waals surface area contributed by atoms with Crippen LogP contribution in [0, 0.1) is 5.41 Å². The Morgan fingerprint density at radius 1 is 1.08 bits per heavy atom. The SMILES string of the molecule is OCC1(C2(O)CCOCC2)CC1. The molecule has 70 valence electrons. The van der Waals surface area contributed by atoms with E-state index in [0.29, 0.717) is 26.1 Å². The Morgan fingerprint density at radius 3 is 2.08 bits per heavy atom. The van der Waals surface area contributed by atoms with Gasteiger partial charge in [0.2, 0.25) is 0 Å². The van der Waals surface area contributed by atoms with E-state index in [2.05, 4.69) is 0 Å². The standard InChI is InChI=1S/C9H16O3/c10-7-8(1-2-8)9(11)3-5-12-6-4-9/h10-11H,1-7H2. The second-order valence-electron chi connectivity index (χ2n) is 4.08. The molecule has 0 aromatic rings. The molecule has 2 aliphatic rings. The Labute approximate surface area is 72.3 Å². The molecule has 12 heavy (non-hydrogen) atoms. The van der Waals surface area contributed by atoms with Crippen molar-refractivity contribution in [2.24, 2.45) is 5.41 Å². The van der Waals surface area contributed by atoms with Crippen molar-refractivity contribution in [1.29, 1.82) is 0 Å². The summed E-state index contributed by atoms with van der Waals surface area (Å²) in [4.78, 5) is 0. The van der Waals surface area contributed by atoms with Gasteiger partial charge in [-0.05, 0) is 12.8 Å². The topological polar surface area (TPSA) is 49.7 Å². The zero-order valence-corrected chi connectivity index (χ0v) is 7.25. The Balaban J connectivity index is 2.08. The highest BCUT2D eigenvalue weighted by atomic mass is 16.5. The highest BCUT2D eigenvalue weighted by molar-refractivity contribution is 5.08. The molecule has 1 saturated heterocycles. The van der Waals surface area contributed by atoms with Gasteiger partial charge in [-0.15, -0.1) is 0 Å². The zero-order chi connectivity index (χ0) is 8.66. The number of hydrogen-bond acceptors (Lipinski definition) is 3. The van der Waals surface area contributed by atoms with Crippen LogP contribution < -0.4 is 0 Å². The molecule has 3 heteroatoms.